The van der Waals surface area contributed by atoms with Gasteiger partial charge in [-0.05, 0) is 55.8 Å². The molecule has 0 aliphatic rings. The van der Waals surface area contributed by atoms with Crippen LogP contribution < -0.4 is 10.1 Å². The van der Waals surface area contributed by atoms with Crippen LogP contribution in [0.15, 0.2) is 36.4 Å². The van der Waals surface area contributed by atoms with Crippen LogP contribution in [0, 0.1) is 12.7 Å². The zero-order valence-electron chi connectivity index (χ0n) is 12.0. The molecule has 1 N–H and O–H groups in total. The van der Waals surface area contributed by atoms with Crippen LogP contribution in [0.2, 0.25) is 10.0 Å². The molecule has 0 fully saturated rings. The first-order chi connectivity index (χ1) is 10.4. The SMILES string of the molecule is Cc1cc(Cl)ccc1O[C@H](C)C(=O)Nc1ccc(F)c(Cl)c1. The number of benzene rings is 2. The summed E-state index contributed by atoms with van der Waals surface area (Å²) in [4.78, 5) is 12.1. The van der Waals surface area contributed by atoms with Gasteiger partial charge in [0.25, 0.3) is 5.91 Å². The number of hydrogen-bond donors (Lipinski definition) is 1. The van der Waals surface area contributed by atoms with E-state index in [0.717, 1.165) is 5.56 Å². The fraction of sp³-hybridized carbons (Fsp3) is 0.188. The third-order valence-corrected chi connectivity index (χ3v) is 3.52. The lowest BCUT2D eigenvalue weighted by Gasteiger charge is -2.16. The van der Waals surface area contributed by atoms with Crippen LogP contribution in [-0.4, -0.2) is 12.0 Å². The molecule has 1 amide bonds. The van der Waals surface area contributed by atoms with E-state index in [4.69, 9.17) is 27.9 Å². The second kappa shape index (κ2) is 6.99. The monoisotopic (exact) mass is 341 g/mol. The number of ether oxygens (including phenoxy) is 1. The van der Waals surface area contributed by atoms with Crippen LogP contribution in [0.4, 0.5) is 10.1 Å². The van der Waals surface area contributed by atoms with E-state index in [1.165, 1.54) is 18.2 Å². The van der Waals surface area contributed by atoms with Crippen molar-refractivity contribution in [1.82, 2.24) is 0 Å². The Kier molecular flexibility index (Phi) is 5.27. The molecule has 6 heteroatoms. The second-order valence-corrected chi connectivity index (χ2v) is 5.63. The van der Waals surface area contributed by atoms with Gasteiger partial charge in [-0.25, -0.2) is 4.39 Å². The molecule has 0 unspecified atom stereocenters. The Labute approximate surface area is 138 Å². The van der Waals surface area contributed by atoms with Gasteiger partial charge in [-0.1, -0.05) is 23.2 Å². The zero-order valence-corrected chi connectivity index (χ0v) is 13.5. The predicted octanol–water partition coefficient (Wildman–Crippen LogP) is 4.85. The fourth-order valence-electron chi connectivity index (χ4n) is 1.81. The molecular weight excluding hydrogens is 328 g/mol. The molecule has 0 spiro atoms. The number of aryl methyl sites for hydroxylation is 1. The Morgan fingerprint density at radius 2 is 1.95 bits per heavy atom. The van der Waals surface area contributed by atoms with Gasteiger partial charge in [0, 0.05) is 10.7 Å². The van der Waals surface area contributed by atoms with Crippen molar-refractivity contribution in [3.8, 4) is 5.75 Å². The molecular formula is C16H14Cl2FNO2. The van der Waals surface area contributed by atoms with Gasteiger partial charge in [0.05, 0.1) is 5.02 Å². The van der Waals surface area contributed by atoms with Crippen LogP contribution in [0.3, 0.4) is 0 Å². The Morgan fingerprint density at radius 1 is 1.23 bits per heavy atom. The lowest BCUT2D eigenvalue weighted by Crippen LogP contribution is -2.30. The molecule has 0 bridgehead atoms. The highest BCUT2D eigenvalue weighted by atomic mass is 35.5. The molecule has 2 aromatic rings. The normalized spacial score (nSPS) is 11.9. The summed E-state index contributed by atoms with van der Waals surface area (Å²) in [6.45, 7) is 3.46. The molecule has 0 heterocycles. The van der Waals surface area contributed by atoms with Crippen LogP contribution in [0.25, 0.3) is 0 Å². The fourth-order valence-corrected chi connectivity index (χ4v) is 2.21. The van der Waals surface area contributed by atoms with E-state index in [0.29, 0.717) is 16.5 Å². The highest BCUT2D eigenvalue weighted by molar-refractivity contribution is 6.31. The highest BCUT2D eigenvalue weighted by Crippen LogP contribution is 2.23. The molecule has 116 valence electrons. The van der Waals surface area contributed by atoms with Crippen molar-refractivity contribution in [1.29, 1.82) is 0 Å². The predicted molar refractivity (Wildman–Crippen MR) is 86.3 cm³/mol. The summed E-state index contributed by atoms with van der Waals surface area (Å²) in [7, 11) is 0. The molecule has 0 saturated carbocycles. The lowest BCUT2D eigenvalue weighted by atomic mass is 10.2. The topological polar surface area (TPSA) is 38.3 Å². The first kappa shape index (κ1) is 16.6. The number of halogens is 3. The van der Waals surface area contributed by atoms with Crippen molar-refractivity contribution in [3.05, 3.63) is 57.8 Å². The minimum absolute atomic E-state index is 0.0556. The number of hydrogen-bond acceptors (Lipinski definition) is 2. The Hall–Kier alpha value is -1.78. The first-order valence-corrected chi connectivity index (χ1v) is 7.31. The highest BCUT2D eigenvalue weighted by Gasteiger charge is 2.16. The van der Waals surface area contributed by atoms with Gasteiger partial charge < -0.3 is 10.1 Å². The van der Waals surface area contributed by atoms with Gasteiger partial charge in [0.1, 0.15) is 11.6 Å². The third-order valence-electron chi connectivity index (χ3n) is 3.00. The number of amides is 1. The number of carbonyl (C=O) groups excluding carboxylic acids is 1. The van der Waals surface area contributed by atoms with Crippen molar-refractivity contribution < 1.29 is 13.9 Å². The average molecular weight is 342 g/mol. The molecule has 0 aliphatic carbocycles. The van der Waals surface area contributed by atoms with Crippen LogP contribution in [0.1, 0.15) is 12.5 Å². The summed E-state index contributed by atoms with van der Waals surface area (Å²) < 4.78 is 18.7. The largest absolute Gasteiger partial charge is 0.481 e. The Morgan fingerprint density at radius 3 is 2.59 bits per heavy atom. The van der Waals surface area contributed by atoms with Crippen LogP contribution in [0.5, 0.6) is 5.75 Å². The molecule has 22 heavy (non-hydrogen) atoms. The maximum atomic E-state index is 13.1. The van der Waals surface area contributed by atoms with E-state index in [9.17, 15) is 9.18 Å². The summed E-state index contributed by atoms with van der Waals surface area (Å²) >= 11 is 11.5. The average Bonchev–Trinajstić information content (AvgIpc) is 2.45. The maximum absolute atomic E-state index is 13.1. The smallest absolute Gasteiger partial charge is 0.265 e. The molecule has 0 radical (unpaired) electrons. The van der Waals surface area contributed by atoms with E-state index < -0.39 is 11.9 Å². The molecule has 2 aromatic carbocycles. The van der Waals surface area contributed by atoms with Crippen molar-refractivity contribution in [3.63, 3.8) is 0 Å². The minimum atomic E-state index is -0.733. The van der Waals surface area contributed by atoms with Crippen LogP contribution >= 0.6 is 23.2 Å². The summed E-state index contributed by atoms with van der Waals surface area (Å²) in [5.74, 6) is -0.332. The number of rotatable bonds is 4. The van der Waals surface area contributed by atoms with Gasteiger partial charge in [0.15, 0.2) is 6.10 Å². The van der Waals surface area contributed by atoms with Crippen molar-refractivity contribution in [2.24, 2.45) is 0 Å². The molecule has 1 atom stereocenters. The van der Waals surface area contributed by atoms with E-state index in [2.05, 4.69) is 5.32 Å². The van der Waals surface area contributed by atoms with Crippen LogP contribution in [-0.2, 0) is 4.79 Å². The van der Waals surface area contributed by atoms with Gasteiger partial charge in [-0.15, -0.1) is 0 Å². The van der Waals surface area contributed by atoms with E-state index in [1.54, 1.807) is 25.1 Å². The van der Waals surface area contributed by atoms with E-state index in [1.807, 2.05) is 6.92 Å². The molecule has 3 nitrogen and oxygen atoms in total. The standard InChI is InChI=1S/C16H14Cl2FNO2/c1-9-7-11(17)3-6-15(9)22-10(2)16(21)20-12-4-5-14(19)13(18)8-12/h3-8,10H,1-2H3,(H,20,21)/t10-/m1/s1. The number of carbonyl (C=O) groups is 1. The Bertz CT molecular complexity index is 707. The van der Waals surface area contributed by atoms with Crippen molar-refractivity contribution in [2.45, 2.75) is 20.0 Å². The summed E-state index contributed by atoms with van der Waals surface area (Å²) in [5.41, 5.74) is 1.23. The minimum Gasteiger partial charge on any atom is -0.481 e. The number of nitrogens with one attached hydrogen (secondary N) is 1. The molecule has 2 rings (SSSR count). The lowest BCUT2D eigenvalue weighted by molar-refractivity contribution is -0.122. The number of anilines is 1. The van der Waals surface area contributed by atoms with Gasteiger partial charge in [-0.2, -0.15) is 0 Å². The van der Waals surface area contributed by atoms with Gasteiger partial charge >= 0.3 is 0 Å². The summed E-state index contributed by atoms with van der Waals surface area (Å²) in [5, 5.41) is 3.16. The zero-order chi connectivity index (χ0) is 16.3. The molecule has 0 aliphatic heterocycles. The summed E-state index contributed by atoms with van der Waals surface area (Å²) in [6, 6.07) is 9.10. The van der Waals surface area contributed by atoms with Gasteiger partial charge in [-0.3, -0.25) is 4.79 Å². The first-order valence-electron chi connectivity index (χ1n) is 6.55. The quantitative estimate of drug-likeness (QED) is 0.863. The molecule has 0 aromatic heterocycles. The molecule has 0 saturated heterocycles. The maximum Gasteiger partial charge on any atom is 0.265 e. The van der Waals surface area contributed by atoms with Crippen molar-refractivity contribution in [2.75, 3.05) is 5.32 Å². The van der Waals surface area contributed by atoms with E-state index >= 15 is 0 Å². The third kappa shape index (κ3) is 4.12. The van der Waals surface area contributed by atoms with E-state index in [-0.39, 0.29) is 10.9 Å². The van der Waals surface area contributed by atoms with Gasteiger partial charge in [0.2, 0.25) is 0 Å². The van der Waals surface area contributed by atoms with Crippen molar-refractivity contribution >= 4 is 34.8 Å². The summed E-state index contributed by atoms with van der Waals surface area (Å²) in [6.07, 6.45) is -0.733. The second-order valence-electron chi connectivity index (χ2n) is 4.79. The Balaban J connectivity index is 2.04.